The van der Waals surface area contributed by atoms with Crippen molar-refractivity contribution in [1.82, 2.24) is 90.3 Å². The summed E-state index contributed by atoms with van der Waals surface area (Å²) in [5.41, 5.74) is 6.84. The Labute approximate surface area is 876 Å². The number of anilines is 1. The van der Waals surface area contributed by atoms with Crippen LogP contribution in [0.1, 0.15) is 177 Å². The Hall–Kier alpha value is -13.1. The summed E-state index contributed by atoms with van der Waals surface area (Å²) in [5.74, 6) is -14.9. The topological polar surface area (TPSA) is 564 Å². The van der Waals surface area contributed by atoms with E-state index in [4.69, 9.17) is 19.9 Å². The second-order valence-corrected chi connectivity index (χ2v) is 40.1. The van der Waals surface area contributed by atoms with E-state index in [1.54, 1.807) is 75.7 Å². The predicted octanol–water partition coefficient (Wildman–Crippen LogP) is 1.37. The first-order valence-electron chi connectivity index (χ1n) is 50.5. The highest BCUT2D eigenvalue weighted by molar-refractivity contribution is 5.99. The third-order valence-corrected chi connectivity index (χ3v) is 27.0. The Bertz CT molecular complexity index is 4870. The molecule has 1 fully saturated rings. The molecule has 0 aliphatic carbocycles. The number of urea groups is 1. The maximum Gasteiger partial charge on any atom is 0.410 e. The summed E-state index contributed by atoms with van der Waals surface area (Å²) in [6, 6.07) is 10.7. The van der Waals surface area contributed by atoms with Gasteiger partial charge in [0.15, 0.2) is 11.6 Å². The number of nitrogens with one attached hydrogen (secondary N) is 6. The molecule has 46 nitrogen and oxygen atoms in total. The highest BCUT2D eigenvalue weighted by atomic mass is 16.6. The van der Waals surface area contributed by atoms with Gasteiger partial charge in [-0.2, -0.15) is 0 Å². The van der Waals surface area contributed by atoms with Gasteiger partial charge in [0.2, 0.25) is 100 Å². The minimum atomic E-state index is -1.06. The fraction of sp³-hybridized carbons (Fsp3) is 0.670. The van der Waals surface area contributed by atoms with Gasteiger partial charge in [0.1, 0.15) is 18.4 Å². The van der Waals surface area contributed by atoms with Gasteiger partial charge < -0.3 is 121 Å². The normalized spacial score (nSPS) is 14.6. The lowest BCUT2D eigenvalue weighted by Crippen LogP contribution is -2.54. The SMILES string of the molecule is CC[C@H](C)[C@@H]([C@@H](CC(=O)N1CCC[C@H]1[C@H](OC)[C@@H](C)C(=O)C[C@H](C)[C@@H](O)c1ccccc1)OC)N(C)C(=O)[C@@H](CC(=O)[C@H](C(C)C)N(C)C(=O)OCc1ccc(NC(=O)[C@H](CCCNC(N)=O)CC(=O)[C@@H](NC(=O)CCCC(=O)NCCC(=O)N(C)CC(=O)N(C)CC(=O)N(C)CC(=O)N(C)CC(=O)N(C)CC(=O)N(C)CC(=O)N(C)CC(=O)N(C)CC(=O)N(C)CC(=O)N(C)CC(=O)NC(C)C(=O)NC)C(C)C)cc1)C(C)C. The summed E-state index contributed by atoms with van der Waals surface area (Å²) in [7, 11) is 20.6. The Morgan fingerprint density at radius 3 is 1.36 bits per heavy atom. The van der Waals surface area contributed by atoms with Gasteiger partial charge in [0.05, 0.1) is 114 Å². The fourth-order valence-electron chi connectivity index (χ4n) is 17.2. The monoisotopic (exact) mass is 2100 g/mol. The van der Waals surface area contributed by atoms with Gasteiger partial charge in [-0.3, -0.25) is 95.9 Å². The number of hydrogen-bond acceptors (Lipinski definition) is 26. The molecule has 46 heteroatoms. The average Bonchev–Trinajstić information content (AvgIpc) is 1.79. The molecule has 1 aliphatic rings. The quantitative estimate of drug-likeness (QED) is 0.0434. The van der Waals surface area contributed by atoms with Crippen LogP contribution in [0.15, 0.2) is 54.6 Å². The van der Waals surface area contributed by atoms with Crippen molar-refractivity contribution in [2.75, 3.05) is 196 Å². The number of nitrogens with zero attached hydrogens (tertiary/aromatic N) is 13. The standard InChI is InChI=1S/C103H166N20O26/c1-27-66(8)96(79(147-25)51-84(131)123-47-33-37-75(123)98(148-26)68(10)76(124)48-67(9)97(141)71-34-29-28-30-35-71)121(23)101(144)74(63(2)3)50-78(126)95(65(6)7)122(24)103(146)149-62-70-40-42-73(43-41-70)109-100(143)72(36-32-45-107-102(104)145)49-77(125)94(64(4)5)110-81(128)39-31-38-80(127)106-46-44-83(130)112(14)53-86(133)114(16)55-88(135)116(18)57-90(137)118(20)59-92(139)120(22)61-93(140)119(21)60-91(138)117(19)58-89(136)115(17)56-87(134)113(15)54-85(132)111(13)52-82(129)108-69(11)99(142)105-12/h28-30,34-35,40-43,63-69,72,74-75,79,94-98,141H,27,31-33,36-39,44-62H2,1-26H3,(H,105,142)(H,106,127)(H,108,129)(H,109,143)(H,110,128)(H3,104,107,145)/t66-,67-,68-,69?,72+,74-,75-,79+,94-,95-,96-,97+,98+/m0/s1. The van der Waals surface area contributed by atoms with Crippen molar-refractivity contribution >= 4 is 136 Å². The predicted molar refractivity (Wildman–Crippen MR) is 552 cm³/mol. The molecule has 1 aliphatic heterocycles. The summed E-state index contributed by atoms with van der Waals surface area (Å²) in [4.78, 5) is 308. The van der Waals surface area contributed by atoms with E-state index in [0.717, 1.165) is 49.0 Å². The molecule has 20 amide bonds. The lowest BCUT2D eigenvalue weighted by molar-refractivity contribution is -0.149. The van der Waals surface area contributed by atoms with Crippen LogP contribution in [-0.4, -0.2) is 432 Å². The van der Waals surface area contributed by atoms with Crippen LogP contribution in [0.4, 0.5) is 15.3 Å². The van der Waals surface area contributed by atoms with Gasteiger partial charge >= 0.3 is 12.1 Å². The van der Waals surface area contributed by atoms with E-state index in [2.05, 4.69) is 31.9 Å². The van der Waals surface area contributed by atoms with Crippen molar-refractivity contribution < 1.29 is 125 Å². The van der Waals surface area contributed by atoms with E-state index in [9.17, 15) is 111 Å². The lowest BCUT2D eigenvalue weighted by Gasteiger charge is -2.41. The third kappa shape index (κ3) is 43.2. The zero-order valence-electron chi connectivity index (χ0n) is 92.1. The number of carbonyl (C=O) groups is 22. The second-order valence-electron chi connectivity index (χ2n) is 40.1. The number of likely N-dealkylation sites (N-methyl/N-ethyl adjacent to an activating group) is 13. The minimum absolute atomic E-state index is 0.0346. The van der Waals surface area contributed by atoms with Crippen LogP contribution >= 0.6 is 0 Å². The van der Waals surface area contributed by atoms with Crippen molar-refractivity contribution in [3.63, 3.8) is 0 Å². The lowest BCUT2D eigenvalue weighted by atomic mass is 9.83. The van der Waals surface area contributed by atoms with Crippen LogP contribution < -0.4 is 37.6 Å². The van der Waals surface area contributed by atoms with Gasteiger partial charge in [-0.15, -0.1) is 0 Å². The summed E-state index contributed by atoms with van der Waals surface area (Å²) < 4.78 is 17.9. The molecule has 1 heterocycles. The highest BCUT2D eigenvalue weighted by Gasteiger charge is 2.45. The number of rotatable bonds is 64. The maximum absolute atomic E-state index is 15.0. The number of ether oxygens (including phenoxy) is 3. The molecule has 3 rings (SSSR count). The van der Waals surface area contributed by atoms with E-state index >= 15 is 0 Å². The van der Waals surface area contributed by atoms with E-state index in [1.807, 2.05) is 65.0 Å². The van der Waals surface area contributed by atoms with Gasteiger partial charge in [-0.1, -0.05) is 118 Å². The Kier molecular flexibility index (Phi) is 56.1. The average molecular weight is 2100 g/mol. The first kappa shape index (κ1) is 130. The van der Waals surface area contributed by atoms with E-state index in [-0.39, 0.29) is 125 Å². The molecule has 0 radical (unpaired) electrons. The van der Waals surface area contributed by atoms with Gasteiger partial charge in [-0.05, 0) is 91.9 Å². The number of methoxy groups -OCH3 is 2. The molecular weight excluding hydrogens is 1930 g/mol. The molecule has 1 unspecified atom stereocenters. The zero-order chi connectivity index (χ0) is 113. The molecule has 0 spiro atoms. The van der Waals surface area contributed by atoms with Crippen molar-refractivity contribution in [2.24, 2.45) is 53.1 Å². The molecule has 834 valence electrons. The number of primary amides is 1. The molecule has 2 aromatic rings. The number of nitrogens with two attached hydrogens (primary N) is 1. The number of aliphatic hydroxyl groups is 1. The van der Waals surface area contributed by atoms with Crippen LogP contribution in [0.25, 0.3) is 0 Å². The van der Waals surface area contributed by atoms with Gasteiger partial charge in [0.25, 0.3) is 0 Å². The maximum atomic E-state index is 15.0. The van der Waals surface area contributed by atoms with Crippen molar-refractivity contribution in [3.05, 3.63) is 65.7 Å². The smallest absolute Gasteiger partial charge is 0.410 e. The number of ketones is 3. The van der Waals surface area contributed by atoms with Crippen molar-refractivity contribution in [2.45, 2.75) is 215 Å². The molecular formula is C103H166N20O26. The summed E-state index contributed by atoms with van der Waals surface area (Å²) >= 11 is 0. The largest absolute Gasteiger partial charge is 0.445 e. The summed E-state index contributed by atoms with van der Waals surface area (Å²) in [6.07, 6.45) is -1.91. The van der Waals surface area contributed by atoms with Crippen LogP contribution in [0.5, 0.6) is 0 Å². The van der Waals surface area contributed by atoms with Crippen molar-refractivity contribution in [1.29, 1.82) is 0 Å². The molecule has 0 bridgehead atoms. The number of likely N-dealkylation sites (tertiary alicyclic amines) is 1. The van der Waals surface area contributed by atoms with E-state index < -0.39 is 250 Å². The highest BCUT2D eigenvalue weighted by Crippen LogP contribution is 2.34. The second kappa shape index (κ2) is 64.3. The molecule has 13 atom stereocenters. The van der Waals surface area contributed by atoms with Gasteiger partial charge in [-0.25, -0.2) is 9.59 Å². The zero-order valence-corrected chi connectivity index (χ0v) is 92.1. The Balaban J connectivity index is 1.49. The molecule has 9 N–H and O–H groups in total. The molecule has 1 saturated heterocycles. The number of hydrogen-bond donors (Lipinski definition) is 8. The molecule has 0 saturated carbocycles. The van der Waals surface area contributed by atoms with Crippen LogP contribution in [0, 0.1) is 47.3 Å². The number of amides is 20. The summed E-state index contributed by atoms with van der Waals surface area (Å²) in [5, 5.41) is 26.6. The van der Waals surface area contributed by atoms with Crippen LogP contribution in [0.3, 0.4) is 0 Å². The number of aliphatic hydroxyl groups excluding tert-OH is 1. The minimum Gasteiger partial charge on any atom is -0.445 e. The number of carbonyl (C=O) groups excluding carboxylic acids is 22. The first-order chi connectivity index (χ1) is 69.8. The van der Waals surface area contributed by atoms with Crippen LogP contribution in [-0.2, 0) is 117 Å². The number of Topliss-reactive ketones (excluding diaryl/α,β-unsaturated/α-hetero) is 3. The van der Waals surface area contributed by atoms with E-state index in [1.165, 1.54) is 111 Å². The molecule has 2 aromatic carbocycles. The molecule has 0 aromatic heterocycles. The van der Waals surface area contributed by atoms with E-state index in [0.29, 0.717) is 42.6 Å². The van der Waals surface area contributed by atoms with Crippen LogP contribution in [0.2, 0.25) is 0 Å². The molecule has 149 heavy (non-hydrogen) atoms. The fourth-order valence-corrected chi connectivity index (χ4v) is 17.2. The Morgan fingerprint density at radius 1 is 0.463 bits per heavy atom. The van der Waals surface area contributed by atoms with Crippen molar-refractivity contribution in [3.8, 4) is 0 Å². The number of benzene rings is 2. The first-order valence-corrected chi connectivity index (χ1v) is 50.5. The third-order valence-electron chi connectivity index (χ3n) is 27.0. The Morgan fingerprint density at radius 2 is 0.926 bits per heavy atom. The van der Waals surface area contributed by atoms with Gasteiger partial charge in [0, 0.05) is 187 Å². The summed E-state index contributed by atoms with van der Waals surface area (Å²) in [6.45, 7) is 14.9.